The van der Waals surface area contributed by atoms with Gasteiger partial charge in [-0.15, -0.1) is 0 Å². The number of aryl methyl sites for hydroxylation is 2. The third kappa shape index (κ3) is 1.78. The van der Waals surface area contributed by atoms with E-state index in [4.69, 9.17) is 0 Å². The van der Waals surface area contributed by atoms with Gasteiger partial charge in [0.05, 0.1) is 0 Å². The smallest absolute Gasteiger partial charge is 0.150 e. The predicted molar refractivity (Wildman–Crippen MR) is 51.6 cm³/mol. The van der Waals surface area contributed by atoms with E-state index in [9.17, 15) is 0 Å². The van der Waals surface area contributed by atoms with E-state index in [0.29, 0.717) is 0 Å². The van der Waals surface area contributed by atoms with E-state index in [1.165, 1.54) is 5.69 Å². The normalized spacial score (nSPS) is 10.3. The molecule has 3 heteroatoms. The van der Waals surface area contributed by atoms with Crippen LogP contribution in [0.4, 0.5) is 5.82 Å². The SMILES string of the molecule is CCCn1nc(N(C)C)cc1C. The number of rotatable bonds is 3. The third-order valence-electron chi connectivity index (χ3n) is 1.86. The maximum atomic E-state index is 4.44. The van der Waals surface area contributed by atoms with Crippen molar-refractivity contribution in [1.82, 2.24) is 9.78 Å². The van der Waals surface area contributed by atoms with Crippen LogP contribution < -0.4 is 4.90 Å². The van der Waals surface area contributed by atoms with E-state index in [-0.39, 0.29) is 0 Å². The molecular formula is C9H17N3. The van der Waals surface area contributed by atoms with Gasteiger partial charge in [0, 0.05) is 32.4 Å². The molecule has 0 radical (unpaired) electrons. The predicted octanol–water partition coefficient (Wildman–Crippen LogP) is 1.67. The molecule has 0 unspecified atom stereocenters. The maximum Gasteiger partial charge on any atom is 0.150 e. The minimum absolute atomic E-state index is 1.01. The maximum absolute atomic E-state index is 4.44. The van der Waals surface area contributed by atoms with Crippen molar-refractivity contribution >= 4 is 5.82 Å². The molecule has 0 N–H and O–H groups in total. The molecule has 0 bridgehead atoms. The van der Waals surface area contributed by atoms with Crippen LogP contribution >= 0.6 is 0 Å². The second-order valence-corrected chi connectivity index (χ2v) is 3.26. The standard InChI is InChI=1S/C9H17N3/c1-5-6-12-8(2)7-9(10-12)11(3)4/h7H,5-6H2,1-4H3. The van der Waals surface area contributed by atoms with E-state index in [1.54, 1.807) is 0 Å². The van der Waals surface area contributed by atoms with Crippen LogP contribution in [0.25, 0.3) is 0 Å². The van der Waals surface area contributed by atoms with E-state index in [0.717, 1.165) is 18.8 Å². The summed E-state index contributed by atoms with van der Waals surface area (Å²) in [6, 6.07) is 2.11. The second kappa shape index (κ2) is 3.61. The zero-order valence-corrected chi connectivity index (χ0v) is 8.33. The van der Waals surface area contributed by atoms with Crippen molar-refractivity contribution in [2.45, 2.75) is 26.8 Å². The van der Waals surface area contributed by atoms with Gasteiger partial charge in [0.25, 0.3) is 0 Å². The molecule has 1 heterocycles. The summed E-state index contributed by atoms with van der Waals surface area (Å²) in [5.41, 5.74) is 1.24. The zero-order valence-electron chi connectivity index (χ0n) is 8.33. The van der Waals surface area contributed by atoms with Crippen LogP contribution in [-0.4, -0.2) is 23.9 Å². The van der Waals surface area contributed by atoms with Gasteiger partial charge in [0.1, 0.15) is 5.82 Å². The molecule has 0 aliphatic rings. The summed E-state index contributed by atoms with van der Waals surface area (Å²) in [5, 5.41) is 4.44. The van der Waals surface area contributed by atoms with Crippen molar-refractivity contribution in [2.24, 2.45) is 0 Å². The highest BCUT2D eigenvalue weighted by Gasteiger charge is 2.03. The van der Waals surface area contributed by atoms with Gasteiger partial charge < -0.3 is 4.90 Å². The lowest BCUT2D eigenvalue weighted by Gasteiger charge is -2.06. The van der Waals surface area contributed by atoms with E-state index in [2.05, 4.69) is 29.7 Å². The molecule has 0 spiro atoms. The Hall–Kier alpha value is -0.990. The van der Waals surface area contributed by atoms with Gasteiger partial charge in [-0.3, -0.25) is 4.68 Å². The van der Waals surface area contributed by atoms with Crippen molar-refractivity contribution in [3.8, 4) is 0 Å². The van der Waals surface area contributed by atoms with Gasteiger partial charge >= 0.3 is 0 Å². The summed E-state index contributed by atoms with van der Waals surface area (Å²) < 4.78 is 2.05. The molecule has 0 fully saturated rings. The summed E-state index contributed by atoms with van der Waals surface area (Å²) in [5.74, 6) is 1.04. The molecule has 0 saturated carbocycles. The Morgan fingerprint density at radius 1 is 1.50 bits per heavy atom. The van der Waals surface area contributed by atoms with Crippen LogP contribution in [0.3, 0.4) is 0 Å². The summed E-state index contributed by atoms with van der Waals surface area (Å²) in [7, 11) is 4.02. The Balaban J connectivity index is 2.85. The highest BCUT2D eigenvalue weighted by molar-refractivity contribution is 5.37. The molecule has 0 aliphatic carbocycles. The van der Waals surface area contributed by atoms with Crippen molar-refractivity contribution in [3.63, 3.8) is 0 Å². The average Bonchev–Trinajstić information content (AvgIpc) is 2.34. The Kier molecular flexibility index (Phi) is 2.74. The quantitative estimate of drug-likeness (QED) is 0.682. The third-order valence-corrected chi connectivity index (χ3v) is 1.86. The van der Waals surface area contributed by atoms with Crippen molar-refractivity contribution in [2.75, 3.05) is 19.0 Å². The Bertz CT molecular complexity index is 250. The highest BCUT2D eigenvalue weighted by Crippen LogP contribution is 2.11. The Morgan fingerprint density at radius 2 is 2.17 bits per heavy atom. The summed E-state index contributed by atoms with van der Waals surface area (Å²) in [4.78, 5) is 2.03. The van der Waals surface area contributed by atoms with Crippen molar-refractivity contribution in [3.05, 3.63) is 11.8 Å². The fourth-order valence-corrected chi connectivity index (χ4v) is 1.15. The lowest BCUT2D eigenvalue weighted by Crippen LogP contribution is -2.10. The van der Waals surface area contributed by atoms with E-state index < -0.39 is 0 Å². The van der Waals surface area contributed by atoms with Crippen LogP contribution in [0.1, 0.15) is 19.0 Å². The summed E-state index contributed by atoms with van der Waals surface area (Å²) in [6.07, 6.45) is 1.13. The lowest BCUT2D eigenvalue weighted by atomic mass is 10.4. The Morgan fingerprint density at radius 3 is 2.58 bits per heavy atom. The van der Waals surface area contributed by atoms with Gasteiger partial charge in [-0.05, 0) is 13.3 Å². The first-order valence-corrected chi connectivity index (χ1v) is 4.37. The van der Waals surface area contributed by atoms with Crippen LogP contribution in [0.5, 0.6) is 0 Å². The second-order valence-electron chi connectivity index (χ2n) is 3.26. The minimum atomic E-state index is 1.01. The largest absolute Gasteiger partial charge is 0.361 e. The molecule has 1 aromatic heterocycles. The summed E-state index contributed by atoms with van der Waals surface area (Å²) >= 11 is 0. The van der Waals surface area contributed by atoms with E-state index >= 15 is 0 Å². The fourth-order valence-electron chi connectivity index (χ4n) is 1.15. The molecule has 68 valence electrons. The van der Waals surface area contributed by atoms with Gasteiger partial charge in [-0.2, -0.15) is 5.10 Å². The monoisotopic (exact) mass is 167 g/mol. The van der Waals surface area contributed by atoms with Gasteiger partial charge in [0.15, 0.2) is 0 Å². The zero-order chi connectivity index (χ0) is 9.14. The number of nitrogens with zero attached hydrogens (tertiary/aromatic N) is 3. The topological polar surface area (TPSA) is 21.1 Å². The molecule has 0 atom stereocenters. The van der Waals surface area contributed by atoms with Crippen LogP contribution in [0.2, 0.25) is 0 Å². The van der Waals surface area contributed by atoms with Gasteiger partial charge in [-0.1, -0.05) is 6.92 Å². The van der Waals surface area contributed by atoms with Gasteiger partial charge in [0.2, 0.25) is 0 Å². The molecule has 1 rings (SSSR count). The average molecular weight is 167 g/mol. The van der Waals surface area contributed by atoms with Crippen molar-refractivity contribution in [1.29, 1.82) is 0 Å². The number of hydrogen-bond acceptors (Lipinski definition) is 2. The first kappa shape index (κ1) is 9.10. The first-order valence-electron chi connectivity index (χ1n) is 4.37. The van der Waals surface area contributed by atoms with Crippen LogP contribution in [0, 0.1) is 6.92 Å². The molecule has 0 aliphatic heterocycles. The van der Waals surface area contributed by atoms with Crippen LogP contribution in [0.15, 0.2) is 6.07 Å². The fraction of sp³-hybridized carbons (Fsp3) is 0.667. The molecule has 0 amide bonds. The molecule has 0 saturated heterocycles. The molecule has 12 heavy (non-hydrogen) atoms. The number of aromatic nitrogens is 2. The minimum Gasteiger partial charge on any atom is -0.361 e. The molecular weight excluding hydrogens is 150 g/mol. The number of anilines is 1. The molecule has 1 aromatic rings. The Labute approximate surface area is 74.0 Å². The molecule has 3 nitrogen and oxygen atoms in total. The first-order chi connectivity index (χ1) is 5.65. The lowest BCUT2D eigenvalue weighted by molar-refractivity contribution is 0.587. The molecule has 0 aromatic carbocycles. The summed E-state index contributed by atoms with van der Waals surface area (Å²) in [6.45, 7) is 5.27. The van der Waals surface area contributed by atoms with Crippen LogP contribution in [-0.2, 0) is 6.54 Å². The highest BCUT2D eigenvalue weighted by atomic mass is 15.3. The van der Waals surface area contributed by atoms with Crippen molar-refractivity contribution < 1.29 is 0 Å². The number of hydrogen-bond donors (Lipinski definition) is 0. The van der Waals surface area contributed by atoms with E-state index in [1.807, 2.05) is 19.0 Å². The van der Waals surface area contributed by atoms with Gasteiger partial charge in [-0.25, -0.2) is 0 Å².